The summed E-state index contributed by atoms with van der Waals surface area (Å²) < 4.78 is 31.3. The molecule has 3 rings (SSSR count). The van der Waals surface area contributed by atoms with E-state index in [0.29, 0.717) is 10.1 Å². The van der Waals surface area contributed by atoms with Gasteiger partial charge in [-0.1, -0.05) is 30.3 Å². The molecular formula is C18H19NO5S. The second-order valence-electron chi connectivity index (χ2n) is 6.02. The van der Waals surface area contributed by atoms with Crippen molar-refractivity contribution in [3.05, 3.63) is 59.2 Å². The van der Waals surface area contributed by atoms with Gasteiger partial charge in [-0.2, -0.15) is 0 Å². The summed E-state index contributed by atoms with van der Waals surface area (Å²) in [7, 11) is -3.92. The summed E-state index contributed by atoms with van der Waals surface area (Å²) in [5.41, 5.74) is 1.97. The molecule has 1 aliphatic heterocycles. The molecule has 6 nitrogen and oxygen atoms in total. The highest BCUT2D eigenvalue weighted by atomic mass is 32.2. The minimum atomic E-state index is -3.92. The predicted molar refractivity (Wildman–Crippen MR) is 92.1 cm³/mol. The number of sulfonamides is 1. The average molecular weight is 361 g/mol. The molecular weight excluding hydrogens is 342 g/mol. The minimum Gasteiger partial charge on any atom is -0.490 e. The molecule has 0 bridgehead atoms. The molecule has 0 saturated carbocycles. The molecule has 0 aromatic heterocycles. The number of aryl methyl sites for hydroxylation is 2. The number of nitrogens with zero attached hydrogens (tertiary/aromatic N) is 1. The molecule has 1 aliphatic rings. The number of amides is 1. The fourth-order valence-corrected chi connectivity index (χ4v) is 4.47. The van der Waals surface area contributed by atoms with Crippen LogP contribution in [-0.2, 0) is 10.0 Å². The van der Waals surface area contributed by atoms with Crippen LogP contribution in [0.3, 0.4) is 0 Å². The molecule has 132 valence electrons. The molecule has 0 aliphatic carbocycles. The van der Waals surface area contributed by atoms with Crippen molar-refractivity contribution in [1.82, 2.24) is 4.31 Å². The normalized spacial score (nSPS) is 16.6. The first-order valence-corrected chi connectivity index (χ1v) is 9.29. The molecule has 2 aromatic carbocycles. The molecule has 1 amide bonds. The Morgan fingerprint density at radius 1 is 1.08 bits per heavy atom. The molecule has 0 spiro atoms. The Balaban J connectivity index is 1.72. The second kappa shape index (κ2) is 6.50. The van der Waals surface area contributed by atoms with Crippen LogP contribution in [-0.4, -0.2) is 43.0 Å². The van der Waals surface area contributed by atoms with E-state index in [1.807, 2.05) is 32.0 Å². The van der Waals surface area contributed by atoms with Crippen LogP contribution in [0, 0.1) is 13.8 Å². The molecule has 7 heteroatoms. The van der Waals surface area contributed by atoms with Crippen LogP contribution in [0.2, 0.25) is 0 Å². The maximum absolute atomic E-state index is 12.5. The van der Waals surface area contributed by atoms with Gasteiger partial charge in [-0.05, 0) is 37.1 Å². The van der Waals surface area contributed by atoms with E-state index in [0.717, 1.165) is 11.1 Å². The van der Waals surface area contributed by atoms with Gasteiger partial charge in [0.1, 0.15) is 23.4 Å². The molecule has 1 unspecified atom stereocenters. The van der Waals surface area contributed by atoms with Crippen molar-refractivity contribution in [2.75, 3.05) is 13.2 Å². The van der Waals surface area contributed by atoms with E-state index < -0.39 is 22.0 Å². The van der Waals surface area contributed by atoms with E-state index >= 15 is 0 Å². The third-order valence-corrected chi connectivity index (χ3v) is 5.92. The van der Waals surface area contributed by atoms with Crippen molar-refractivity contribution in [1.29, 1.82) is 0 Å². The number of hydrogen-bond acceptors (Lipinski definition) is 5. The summed E-state index contributed by atoms with van der Waals surface area (Å²) in [6.07, 6.45) is -1.13. The van der Waals surface area contributed by atoms with Crippen LogP contribution in [0.5, 0.6) is 5.75 Å². The fourth-order valence-electron chi connectivity index (χ4n) is 2.86. The van der Waals surface area contributed by atoms with Crippen molar-refractivity contribution in [2.45, 2.75) is 24.8 Å². The van der Waals surface area contributed by atoms with Crippen LogP contribution in [0.1, 0.15) is 21.5 Å². The van der Waals surface area contributed by atoms with Gasteiger partial charge in [0, 0.05) is 0 Å². The molecule has 1 atom stereocenters. The SMILES string of the molecule is Cc1cccc(C)c1OCC(O)CN1C(=O)c2ccccc2S1(=O)=O. The lowest BCUT2D eigenvalue weighted by Crippen LogP contribution is -2.39. The summed E-state index contributed by atoms with van der Waals surface area (Å²) in [5, 5.41) is 10.2. The number of carbonyl (C=O) groups excluding carboxylic acids is 1. The van der Waals surface area contributed by atoms with Gasteiger partial charge in [0.25, 0.3) is 15.9 Å². The Hall–Kier alpha value is -2.38. The first-order chi connectivity index (χ1) is 11.8. The number of para-hydroxylation sites is 1. The summed E-state index contributed by atoms with van der Waals surface area (Å²) in [6, 6.07) is 11.7. The Kier molecular flexibility index (Phi) is 4.53. The van der Waals surface area contributed by atoms with Gasteiger partial charge in [-0.25, -0.2) is 12.7 Å². The molecule has 0 saturated heterocycles. The van der Waals surface area contributed by atoms with Crippen molar-refractivity contribution >= 4 is 15.9 Å². The third kappa shape index (κ3) is 3.12. The predicted octanol–water partition coefficient (Wildman–Crippen LogP) is 1.89. The summed E-state index contributed by atoms with van der Waals surface area (Å²) >= 11 is 0. The monoisotopic (exact) mass is 361 g/mol. The highest BCUT2D eigenvalue weighted by molar-refractivity contribution is 7.90. The largest absolute Gasteiger partial charge is 0.490 e. The van der Waals surface area contributed by atoms with Gasteiger partial charge < -0.3 is 9.84 Å². The summed E-state index contributed by atoms with van der Waals surface area (Å²) in [5.74, 6) is 0.0298. The van der Waals surface area contributed by atoms with Crippen LogP contribution in [0.4, 0.5) is 0 Å². The molecule has 2 aromatic rings. The van der Waals surface area contributed by atoms with Gasteiger partial charge in [0.2, 0.25) is 0 Å². The molecule has 0 fully saturated rings. The Morgan fingerprint density at radius 3 is 2.36 bits per heavy atom. The minimum absolute atomic E-state index is 0.0251. The van der Waals surface area contributed by atoms with Crippen LogP contribution in [0.15, 0.2) is 47.4 Å². The van der Waals surface area contributed by atoms with Crippen molar-refractivity contribution in [2.24, 2.45) is 0 Å². The molecule has 1 heterocycles. The number of hydrogen-bond donors (Lipinski definition) is 1. The molecule has 0 radical (unpaired) electrons. The maximum Gasteiger partial charge on any atom is 0.269 e. The van der Waals surface area contributed by atoms with E-state index in [9.17, 15) is 18.3 Å². The average Bonchev–Trinajstić information content (AvgIpc) is 2.76. The van der Waals surface area contributed by atoms with Crippen molar-refractivity contribution < 1.29 is 23.1 Å². The standard InChI is InChI=1S/C18H19NO5S/c1-12-6-5-7-13(2)17(12)24-11-14(20)10-19-18(21)15-8-3-4-9-16(15)25(19,22)23/h3-9,14,20H,10-11H2,1-2H3. The van der Waals surface area contributed by atoms with E-state index in [1.165, 1.54) is 12.1 Å². The zero-order valence-corrected chi connectivity index (χ0v) is 14.8. The summed E-state index contributed by atoms with van der Waals surface area (Å²) in [6.45, 7) is 3.32. The second-order valence-corrected chi connectivity index (χ2v) is 7.85. The lowest BCUT2D eigenvalue weighted by atomic mass is 10.1. The van der Waals surface area contributed by atoms with Gasteiger partial charge in [0.15, 0.2) is 0 Å². The first-order valence-electron chi connectivity index (χ1n) is 7.85. The fraction of sp³-hybridized carbons (Fsp3) is 0.278. The third-order valence-electron chi connectivity index (χ3n) is 4.12. The number of rotatable bonds is 5. The Morgan fingerprint density at radius 2 is 1.72 bits per heavy atom. The van der Waals surface area contributed by atoms with Gasteiger partial charge in [0.05, 0.1) is 12.1 Å². The van der Waals surface area contributed by atoms with Gasteiger partial charge in [-0.3, -0.25) is 4.79 Å². The number of benzene rings is 2. The Labute approximate surface area is 146 Å². The number of aliphatic hydroxyl groups is 1. The zero-order valence-electron chi connectivity index (χ0n) is 14.0. The van der Waals surface area contributed by atoms with E-state index in [4.69, 9.17) is 4.74 Å². The molecule has 25 heavy (non-hydrogen) atoms. The number of ether oxygens (including phenoxy) is 1. The highest BCUT2D eigenvalue weighted by Gasteiger charge is 2.41. The van der Waals surface area contributed by atoms with Crippen LogP contribution in [0.25, 0.3) is 0 Å². The topological polar surface area (TPSA) is 83.9 Å². The highest BCUT2D eigenvalue weighted by Crippen LogP contribution is 2.30. The summed E-state index contributed by atoms with van der Waals surface area (Å²) in [4.78, 5) is 12.3. The number of fused-ring (bicyclic) bond motifs is 1. The molecule has 1 N–H and O–H groups in total. The van der Waals surface area contributed by atoms with Gasteiger partial charge in [-0.15, -0.1) is 0 Å². The smallest absolute Gasteiger partial charge is 0.269 e. The maximum atomic E-state index is 12.5. The van der Waals surface area contributed by atoms with E-state index in [1.54, 1.807) is 12.1 Å². The lowest BCUT2D eigenvalue weighted by Gasteiger charge is -2.20. The van der Waals surface area contributed by atoms with E-state index in [-0.39, 0.29) is 23.6 Å². The van der Waals surface area contributed by atoms with E-state index in [2.05, 4.69) is 0 Å². The lowest BCUT2D eigenvalue weighted by molar-refractivity contribution is 0.0685. The van der Waals surface area contributed by atoms with Gasteiger partial charge >= 0.3 is 0 Å². The Bertz CT molecular complexity index is 903. The number of β-amino-alcohol motifs (C(OH)–C–C–N with tert-alkyl or cyclic N) is 1. The van der Waals surface area contributed by atoms with Crippen LogP contribution >= 0.6 is 0 Å². The van der Waals surface area contributed by atoms with Crippen LogP contribution < -0.4 is 4.74 Å². The number of aliphatic hydroxyl groups excluding tert-OH is 1. The van der Waals surface area contributed by atoms with Crippen molar-refractivity contribution in [3.63, 3.8) is 0 Å². The first kappa shape index (κ1) is 17.4. The zero-order chi connectivity index (χ0) is 18.2. The quantitative estimate of drug-likeness (QED) is 0.879. The van der Waals surface area contributed by atoms with Crippen molar-refractivity contribution in [3.8, 4) is 5.75 Å². The number of carbonyl (C=O) groups is 1.